The highest BCUT2D eigenvalue weighted by molar-refractivity contribution is 7.11. The number of aromatic nitrogens is 1. The predicted molar refractivity (Wildman–Crippen MR) is 84.2 cm³/mol. The monoisotopic (exact) mass is 317 g/mol. The molecule has 0 amide bonds. The number of para-hydroxylation sites is 1. The maximum absolute atomic E-state index is 11.7. The number of aliphatic carboxylic acids is 1. The van der Waals surface area contributed by atoms with Crippen molar-refractivity contribution in [3.63, 3.8) is 0 Å². The number of rotatable bonds is 7. The molecule has 0 aliphatic carbocycles. The van der Waals surface area contributed by atoms with Crippen LogP contribution >= 0.6 is 11.3 Å². The first kappa shape index (κ1) is 15.9. The molecule has 0 saturated carbocycles. The average molecular weight is 317 g/mol. The molecule has 1 N–H and O–H groups in total. The van der Waals surface area contributed by atoms with E-state index in [0.29, 0.717) is 10.7 Å². The van der Waals surface area contributed by atoms with Gasteiger partial charge in [-0.05, 0) is 24.6 Å². The number of thiazole rings is 1. The molecule has 0 atom stereocenters. The molecule has 5 nitrogen and oxygen atoms in total. The molecular weight excluding hydrogens is 302 g/mol. The third kappa shape index (κ3) is 4.53. The molecule has 1 aromatic carbocycles. The molecule has 114 valence electrons. The van der Waals surface area contributed by atoms with Crippen LogP contribution in [0.2, 0.25) is 0 Å². The zero-order chi connectivity index (χ0) is 15.9. The Morgan fingerprint density at radius 1 is 1.32 bits per heavy atom. The van der Waals surface area contributed by atoms with E-state index in [4.69, 9.17) is 9.84 Å². The van der Waals surface area contributed by atoms with Gasteiger partial charge in [-0.1, -0.05) is 18.2 Å². The van der Waals surface area contributed by atoms with E-state index in [1.807, 2.05) is 31.2 Å². The molecule has 0 spiro atoms. The topological polar surface area (TPSA) is 76.5 Å². The summed E-state index contributed by atoms with van der Waals surface area (Å²) in [6, 6.07) is 7.63. The van der Waals surface area contributed by atoms with E-state index in [1.165, 1.54) is 17.6 Å². The lowest BCUT2D eigenvalue weighted by Gasteiger charge is -2.02. The van der Waals surface area contributed by atoms with Crippen molar-refractivity contribution < 1.29 is 19.4 Å². The Balaban J connectivity index is 1.94. The Morgan fingerprint density at radius 3 is 2.82 bits per heavy atom. The number of ketones is 1. The molecule has 0 saturated heterocycles. The van der Waals surface area contributed by atoms with Gasteiger partial charge >= 0.3 is 5.97 Å². The van der Waals surface area contributed by atoms with Gasteiger partial charge in [0.1, 0.15) is 5.75 Å². The molecular formula is C16H15NO4S. The Bertz CT molecular complexity index is 706. The number of carbonyl (C=O) groups excluding carboxylic acids is 1. The van der Waals surface area contributed by atoms with E-state index < -0.39 is 5.97 Å². The summed E-state index contributed by atoms with van der Waals surface area (Å²) in [6.45, 7) is 1.95. The second-order valence-electron chi connectivity index (χ2n) is 4.58. The maximum atomic E-state index is 11.7. The zero-order valence-electron chi connectivity index (χ0n) is 12.0. The fourth-order valence-corrected chi connectivity index (χ4v) is 2.44. The van der Waals surface area contributed by atoms with Crippen LogP contribution in [0.1, 0.15) is 33.9 Å². The lowest BCUT2D eigenvalue weighted by atomic mass is 10.2. The number of carboxylic acid groups (broad SMARTS) is 1. The number of hydrogen-bond acceptors (Lipinski definition) is 5. The summed E-state index contributed by atoms with van der Waals surface area (Å²) in [5.74, 6) is -0.490. The first-order valence-corrected chi connectivity index (χ1v) is 7.53. The van der Waals surface area contributed by atoms with Crippen molar-refractivity contribution in [3.8, 4) is 5.75 Å². The molecule has 1 heterocycles. The van der Waals surface area contributed by atoms with Crippen molar-refractivity contribution in [1.82, 2.24) is 4.98 Å². The molecule has 22 heavy (non-hydrogen) atoms. The lowest BCUT2D eigenvalue weighted by Crippen LogP contribution is -2.03. The van der Waals surface area contributed by atoms with Gasteiger partial charge in [0.05, 0.1) is 18.4 Å². The van der Waals surface area contributed by atoms with Crippen LogP contribution in [0, 0.1) is 6.92 Å². The molecule has 0 radical (unpaired) electrons. The molecule has 0 bridgehead atoms. The molecule has 1 aromatic heterocycles. The summed E-state index contributed by atoms with van der Waals surface area (Å²) in [5.41, 5.74) is 1.63. The Labute approximate surface area is 131 Å². The second kappa shape index (κ2) is 7.51. The Hall–Kier alpha value is -2.47. The van der Waals surface area contributed by atoms with Gasteiger partial charge in [-0.2, -0.15) is 0 Å². The average Bonchev–Trinajstić information content (AvgIpc) is 2.95. The number of carboxylic acids is 1. The molecule has 0 unspecified atom stereocenters. The van der Waals surface area contributed by atoms with Crippen LogP contribution < -0.4 is 4.74 Å². The van der Waals surface area contributed by atoms with Crippen molar-refractivity contribution in [2.24, 2.45) is 0 Å². The first-order valence-electron chi connectivity index (χ1n) is 6.65. The van der Waals surface area contributed by atoms with Crippen molar-refractivity contribution in [2.75, 3.05) is 0 Å². The van der Waals surface area contributed by atoms with Crippen LogP contribution in [0.3, 0.4) is 0 Å². The van der Waals surface area contributed by atoms with E-state index in [2.05, 4.69) is 4.98 Å². The number of benzene rings is 1. The minimum Gasteiger partial charge on any atom is -0.481 e. The second-order valence-corrected chi connectivity index (χ2v) is 5.44. The minimum atomic E-state index is -0.989. The third-order valence-corrected chi connectivity index (χ3v) is 3.76. The summed E-state index contributed by atoms with van der Waals surface area (Å²) in [5, 5.41) is 10.6. The SMILES string of the molecule is Cc1ccccc1O/C=C/c1csc(C(=O)CCC(=O)O)n1. The van der Waals surface area contributed by atoms with Crippen LogP contribution in [0.4, 0.5) is 0 Å². The van der Waals surface area contributed by atoms with Crippen LogP contribution in [0.15, 0.2) is 35.9 Å². The number of Topliss-reactive ketones (excluding diaryl/α,β-unsaturated/α-hetero) is 1. The van der Waals surface area contributed by atoms with E-state index in [0.717, 1.165) is 11.3 Å². The summed E-state index contributed by atoms with van der Waals surface area (Å²) < 4.78 is 5.51. The maximum Gasteiger partial charge on any atom is 0.303 e. The lowest BCUT2D eigenvalue weighted by molar-refractivity contribution is -0.136. The van der Waals surface area contributed by atoms with Crippen LogP contribution in [-0.4, -0.2) is 21.8 Å². The summed E-state index contributed by atoms with van der Waals surface area (Å²) >= 11 is 1.20. The zero-order valence-corrected chi connectivity index (χ0v) is 12.8. The normalized spacial score (nSPS) is 10.8. The fraction of sp³-hybridized carbons (Fsp3) is 0.188. The fourth-order valence-electron chi connectivity index (χ4n) is 1.68. The van der Waals surface area contributed by atoms with Gasteiger partial charge in [-0.25, -0.2) is 4.98 Å². The van der Waals surface area contributed by atoms with Gasteiger partial charge in [0, 0.05) is 11.8 Å². The highest BCUT2D eigenvalue weighted by atomic mass is 32.1. The van der Waals surface area contributed by atoms with Gasteiger partial charge in [0.25, 0.3) is 0 Å². The molecule has 2 aromatic rings. The number of nitrogens with zero attached hydrogens (tertiary/aromatic N) is 1. The van der Waals surface area contributed by atoms with Gasteiger partial charge in [0.15, 0.2) is 10.8 Å². The third-order valence-electron chi connectivity index (χ3n) is 2.85. The summed E-state index contributed by atoms with van der Waals surface area (Å²) in [6.07, 6.45) is 2.96. The van der Waals surface area contributed by atoms with Crippen molar-refractivity contribution >= 4 is 29.2 Å². The van der Waals surface area contributed by atoms with Gasteiger partial charge in [-0.15, -0.1) is 11.3 Å². The molecule has 0 aliphatic heterocycles. The first-order chi connectivity index (χ1) is 10.6. The molecule has 6 heteroatoms. The van der Waals surface area contributed by atoms with E-state index in [1.54, 1.807) is 11.5 Å². The van der Waals surface area contributed by atoms with Crippen LogP contribution in [0.5, 0.6) is 5.75 Å². The van der Waals surface area contributed by atoms with Gasteiger partial charge in [-0.3, -0.25) is 9.59 Å². The largest absolute Gasteiger partial charge is 0.481 e. The van der Waals surface area contributed by atoms with Crippen molar-refractivity contribution in [2.45, 2.75) is 19.8 Å². The van der Waals surface area contributed by atoms with Crippen molar-refractivity contribution in [3.05, 3.63) is 52.2 Å². The van der Waals surface area contributed by atoms with Crippen LogP contribution in [0.25, 0.3) is 6.08 Å². The Kier molecular flexibility index (Phi) is 5.43. The predicted octanol–water partition coefficient (Wildman–Crippen LogP) is 3.55. The molecule has 0 aliphatic rings. The van der Waals surface area contributed by atoms with Gasteiger partial charge < -0.3 is 9.84 Å². The Morgan fingerprint density at radius 2 is 2.09 bits per heavy atom. The molecule has 0 fully saturated rings. The number of hydrogen-bond donors (Lipinski definition) is 1. The van der Waals surface area contributed by atoms with E-state index >= 15 is 0 Å². The number of carbonyl (C=O) groups is 2. The quantitative estimate of drug-likeness (QED) is 0.624. The summed E-state index contributed by atoms with van der Waals surface area (Å²) in [4.78, 5) is 26.3. The number of aryl methyl sites for hydroxylation is 1. The molecule has 2 rings (SSSR count). The van der Waals surface area contributed by atoms with E-state index in [9.17, 15) is 9.59 Å². The number of ether oxygens (including phenoxy) is 1. The minimum absolute atomic E-state index is 0.0360. The highest BCUT2D eigenvalue weighted by Gasteiger charge is 2.12. The highest BCUT2D eigenvalue weighted by Crippen LogP contribution is 2.18. The van der Waals surface area contributed by atoms with Crippen molar-refractivity contribution in [1.29, 1.82) is 0 Å². The van der Waals surface area contributed by atoms with Crippen LogP contribution in [-0.2, 0) is 4.79 Å². The smallest absolute Gasteiger partial charge is 0.303 e. The van der Waals surface area contributed by atoms with Gasteiger partial charge in [0.2, 0.25) is 0 Å². The standard InChI is InChI=1S/C16H15NO4S/c1-11-4-2-3-5-14(11)21-9-8-12-10-22-16(17-12)13(18)6-7-15(19)20/h2-5,8-10H,6-7H2,1H3,(H,19,20)/b9-8+. The summed E-state index contributed by atoms with van der Waals surface area (Å²) in [7, 11) is 0. The van der Waals surface area contributed by atoms with E-state index in [-0.39, 0.29) is 18.6 Å².